The SMILES string of the molecule is COc1cc(-c2cccc(-c3cccc(NC(=O)C4CNC(=O)N(C)C4=O)c3C)c2C)cc(F)c1CN(C)CC(N)=O. The van der Waals surface area contributed by atoms with Crippen molar-refractivity contribution in [2.75, 3.05) is 39.6 Å². The van der Waals surface area contributed by atoms with Gasteiger partial charge in [-0.2, -0.15) is 0 Å². The number of benzene rings is 3. The fraction of sp³-hybridized carbons (Fsp3) is 0.290. The van der Waals surface area contributed by atoms with E-state index in [0.29, 0.717) is 22.6 Å². The normalized spacial score (nSPS) is 15.0. The number of hydrogen-bond donors (Lipinski definition) is 3. The number of urea groups is 1. The summed E-state index contributed by atoms with van der Waals surface area (Å²) < 4.78 is 20.9. The first-order valence-corrected chi connectivity index (χ1v) is 13.3. The first kappa shape index (κ1) is 30.2. The number of carbonyl (C=O) groups is 4. The largest absolute Gasteiger partial charge is 0.496 e. The molecule has 0 radical (unpaired) electrons. The number of halogens is 1. The zero-order valence-corrected chi connectivity index (χ0v) is 24.2. The lowest BCUT2D eigenvalue weighted by Crippen LogP contribution is -2.56. The van der Waals surface area contributed by atoms with Gasteiger partial charge in [0.05, 0.1) is 13.7 Å². The van der Waals surface area contributed by atoms with Crippen molar-refractivity contribution in [1.29, 1.82) is 0 Å². The highest BCUT2D eigenvalue weighted by Gasteiger charge is 2.36. The number of ether oxygens (including phenoxy) is 1. The molecule has 0 spiro atoms. The third-order valence-corrected chi connectivity index (χ3v) is 7.46. The van der Waals surface area contributed by atoms with Gasteiger partial charge in [-0.25, -0.2) is 9.18 Å². The van der Waals surface area contributed by atoms with Crippen LogP contribution >= 0.6 is 0 Å². The molecule has 1 unspecified atom stereocenters. The number of hydrogen-bond acceptors (Lipinski definition) is 6. The average Bonchev–Trinajstić information content (AvgIpc) is 2.93. The highest BCUT2D eigenvalue weighted by molar-refractivity contribution is 6.12. The molecule has 11 heteroatoms. The maximum atomic E-state index is 15.4. The zero-order chi connectivity index (χ0) is 30.7. The molecule has 0 aromatic heterocycles. The van der Waals surface area contributed by atoms with E-state index in [1.54, 1.807) is 30.1 Å². The number of nitrogens with zero attached hydrogens (tertiary/aromatic N) is 2. The van der Waals surface area contributed by atoms with Crippen molar-refractivity contribution in [3.8, 4) is 28.0 Å². The van der Waals surface area contributed by atoms with E-state index in [4.69, 9.17) is 10.5 Å². The molecule has 1 fully saturated rings. The van der Waals surface area contributed by atoms with Crippen LogP contribution in [-0.2, 0) is 20.9 Å². The van der Waals surface area contributed by atoms with Gasteiger partial charge in [-0.3, -0.25) is 24.2 Å². The van der Waals surface area contributed by atoms with Crippen LogP contribution in [0.5, 0.6) is 5.75 Å². The van der Waals surface area contributed by atoms with E-state index in [2.05, 4.69) is 10.6 Å². The van der Waals surface area contributed by atoms with Crippen LogP contribution in [0.2, 0.25) is 0 Å². The maximum Gasteiger partial charge on any atom is 0.323 e. The van der Waals surface area contributed by atoms with Crippen LogP contribution < -0.4 is 21.1 Å². The molecule has 0 saturated carbocycles. The van der Waals surface area contributed by atoms with Gasteiger partial charge >= 0.3 is 6.03 Å². The molecule has 1 aliphatic heterocycles. The molecule has 10 nitrogen and oxygen atoms in total. The van der Waals surface area contributed by atoms with Gasteiger partial charge in [-0.05, 0) is 72.5 Å². The monoisotopic (exact) mass is 575 g/mol. The Morgan fingerprint density at radius 2 is 1.74 bits per heavy atom. The molecule has 4 rings (SSSR count). The van der Waals surface area contributed by atoms with E-state index in [1.807, 2.05) is 38.1 Å². The van der Waals surface area contributed by atoms with E-state index in [1.165, 1.54) is 20.2 Å². The fourth-order valence-corrected chi connectivity index (χ4v) is 5.15. The predicted molar refractivity (Wildman–Crippen MR) is 157 cm³/mol. The number of methoxy groups -OCH3 is 1. The molecule has 3 aromatic rings. The first-order valence-electron chi connectivity index (χ1n) is 13.3. The molecule has 1 aliphatic rings. The minimum atomic E-state index is -1.04. The summed E-state index contributed by atoms with van der Waals surface area (Å²) in [5.41, 5.74) is 10.9. The van der Waals surface area contributed by atoms with Crippen LogP contribution in [0, 0.1) is 25.6 Å². The highest BCUT2D eigenvalue weighted by atomic mass is 19.1. The van der Waals surface area contributed by atoms with Crippen molar-refractivity contribution in [3.05, 3.63) is 71.0 Å². The standard InChI is InChI=1S/C31H34FN5O5/c1-17-20(19-12-25(32)24(27(13-19)42-5)15-36(3)16-28(33)38)8-6-9-21(17)22-10-7-11-26(18(22)2)35-29(39)23-14-34-31(41)37(4)30(23)40/h6-13,23H,14-16H2,1-5H3,(H2,33,38)(H,34,41)(H,35,39). The van der Waals surface area contributed by atoms with Crippen LogP contribution in [0.1, 0.15) is 16.7 Å². The van der Waals surface area contributed by atoms with Crippen LogP contribution in [0.3, 0.4) is 0 Å². The minimum absolute atomic E-state index is 0.0189. The summed E-state index contributed by atoms with van der Waals surface area (Å²) in [6.07, 6.45) is 0. The summed E-state index contributed by atoms with van der Waals surface area (Å²) in [4.78, 5) is 51.0. The molecule has 220 valence electrons. The quantitative estimate of drug-likeness (QED) is 0.335. The van der Waals surface area contributed by atoms with E-state index in [-0.39, 0.29) is 19.6 Å². The second-order valence-corrected chi connectivity index (χ2v) is 10.4. The number of primary amides is 1. The van der Waals surface area contributed by atoms with Crippen LogP contribution in [0.25, 0.3) is 22.3 Å². The number of anilines is 1. The Morgan fingerprint density at radius 1 is 1.10 bits per heavy atom. The van der Waals surface area contributed by atoms with E-state index in [9.17, 15) is 19.2 Å². The third kappa shape index (κ3) is 6.10. The topological polar surface area (TPSA) is 134 Å². The van der Waals surface area contributed by atoms with Crippen molar-refractivity contribution in [2.24, 2.45) is 11.7 Å². The zero-order valence-electron chi connectivity index (χ0n) is 24.2. The molecule has 0 aliphatic carbocycles. The number of rotatable bonds is 9. The van der Waals surface area contributed by atoms with Crippen LogP contribution in [-0.4, -0.2) is 67.8 Å². The Bertz CT molecular complexity index is 1570. The summed E-state index contributed by atoms with van der Waals surface area (Å²) in [5.74, 6) is -2.74. The van der Waals surface area contributed by atoms with Crippen molar-refractivity contribution < 1.29 is 28.3 Å². The Labute approximate surface area is 243 Å². The number of likely N-dealkylation sites (N-methyl/N-ethyl adjacent to an activating group) is 1. The van der Waals surface area contributed by atoms with Gasteiger partial charge in [-0.15, -0.1) is 0 Å². The summed E-state index contributed by atoms with van der Waals surface area (Å²) >= 11 is 0. The number of carbonyl (C=O) groups excluding carboxylic acids is 4. The maximum absolute atomic E-state index is 15.4. The van der Waals surface area contributed by atoms with Crippen molar-refractivity contribution in [1.82, 2.24) is 15.1 Å². The summed E-state index contributed by atoms with van der Waals surface area (Å²) in [7, 11) is 4.47. The van der Waals surface area contributed by atoms with Gasteiger partial charge in [0, 0.05) is 31.4 Å². The number of nitrogens with one attached hydrogen (secondary N) is 2. The predicted octanol–water partition coefficient (Wildman–Crippen LogP) is 3.44. The lowest BCUT2D eigenvalue weighted by molar-refractivity contribution is -0.138. The Balaban J connectivity index is 1.66. The molecular weight excluding hydrogens is 541 g/mol. The highest BCUT2D eigenvalue weighted by Crippen LogP contribution is 2.38. The molecular formula is C31H34FN5O5. The van der Waals surface area contributed by atoms with E-state index in [0.717, 1.165) is 32.7 Å². The Morgan fingerprint density at radius 3 is 2.40 bits per heavy atom. The Kier molecular flexibility index (Phi) is 8.91. The Hall–Kier alpha value is -4.77. The smallest absolute Gasteiger partial charge is 0.323 e. The van der Waals surface area contributed by atoms with Crippen LogP contribution in [0.4, 0.5) is 14.9 Å². The van der Waals surface area contributed by atoms with Gasteiger partial charge in [-0.1, -0.05) is 30.3 Å². The molecule has 1 saturated heterocycles. The molecule has 5 amide bonds. The second-order valence-electron chi connectivity index (χ2n) is 10.4. The fourth-order valence-electron chi connectivity index (χ4n) is 5.15. The second kappa shape index (κ2) is 12.4. The summed E-state index contributed by atoms with van der Waals surface area (Å²) in [6, 6.07) is 13.9. The lowest BCUT2D eigenvalue weighted by atomic mass is 9.90. The third-order valence-electron chi connectivity index (χ3n) is 7.46. The van der Waals surface area contributed by atoms with E-state index < -0.39 is 35.5 Å². The molecule has 4 N–H and O–H groups in total. The molecule has 3 aromatic carbocycles. The molecule has 42 heavy (non-hydrogen) atoms. The lowest BCUT2D eigenvalue weighted by Gasteiger charge is -2.28. The van der Waals surface area contributed by atoms with E-state index >= 15 is 4.39 Å². The number of amides is 5. The number of imide groups is 1. The molecule has 1 atom stereocenters. The van der Waals surface area contributed by atoms with Gasteiger partial charge in [0.2, 0.25) is 17.7 Å². The summed E-state index contributed by atoms with van der Waals surface area (Å²) in [5, 5.41) is 5.38. The van der Waals surface area contributed by atoms with Gasteiger partial charge in [0.25, 0.3) is 0 Å². The van der Waals surface area contributed by atoms with Crippen LogP contribution in [0.15, 0.2) is 48.5 Å². The average molecular weight is 576 g/mol. The van der Waals surface area contributed by atoms with Gasteiger partial charge in [0.15, 0.2) is 0 Å². The van der Waals surface area contributed by atoms with Gasteiger partial charge < -0.3 is 21.1 Å². The number of nitrogens with two attached hydrogens (primary N) is 1. The first-order chi connectivity index (χ1) is 19.9. The summed E-state index contributed by atoms with van der Waals surface area (Å²) in [6.45, 7) is 3.86. The van der Waals surface area contributed by atoms with Gasteiger partial charge in [0.1, 0.15) is 17.5 Å². The minimum Gasteiger partial charge on any atom is -0.496 e. The molecule has 0 bridgehead atoms. The van der Waals surface area contributed by atoms with Crippen molar-refractivity contribution in [2.45, 2.75) is 20.4 Å². The molecule has 1 heterocycles. The van der Waals surface area contributed by atoms with Crippen molar-refractivity contribution in [3.63, 3.8) is 0 Å². The van der Waals surface area contributed by atoms with Crippen molar-refractivity contribution >= 4 is 29.4 Å².